The molecule has 0 saturated carbocycles. The quantitative estimate of drug-likeness (QED) is 0.0308. The third kappa shape index (κ3) is 11.3. The summed E-state index contributed by atoms with van der Waals surface area (Å²) in [5, 5.41) is 9.54. The second kappa shape index (κ2) is 21.2. The average molecular weight is 928 g/mol. The zero-order valence-electron chi connectivity index (χ0n) is 38.7. The van der Waals surface area contributed by atoms with E-state index in [1.807, 2.05) is 11.8 Å². The molecule has 4 atom stereocenters. The number of fused-ring (bicyclic) bond motifs is 4. The van der Waals surface area contributed by atoms with Gasteiger partial charge in [-0.05, 0) is 139 Å². The van der Waals surface area contributed by atoms with E-state index in [2.05, 4.69) is 140 Å². The van der Waals surface area contributed by atoms with Crippen LogP contribution in [0.25, 0.3) is 44.5 Å². The van der Waals surface area contributed by atoms with Gasteiger partial charge >= 0.3 is 6.03 Å². The maximum atomic E-state index is 12.6. The molecular formula is C55H65N3O6S2. The second-order valence-corrected chi connectivity index (χ2v) is 21.5. The van der Waals surface area contributed by atoms with Crippen LogP contribution < -0.4 is 20.7 Å². The standard InChI is InChI=1S/C55H65N3O6S2/c1-4-5-26-55(27-8-11-30-66(61,62)63)48-31-38(3)16-24-46(48)47-25-23-42(35-49(47)55)39-19-21-41(22-20-39)44-32-43(40-17-14-37(2)15-18-40)33-45(34-44)64-29-10-9-28-56-52(59)13-7-6-12-51-53-50(36-65-51)57-54(60)58-53/h14-25,31-35,50-51,53H,4-13,26-30,36H2,1-3H3,(H,56,59)(H2,57,58,60)(H,61,62,63). The summed E-state index contributed by atoms with van der Waals surface area (Å²) in [6.45, 7) is 7.62. The number of hydrogen-bond acceptors (Lipinski definition) is 6. The number of aryl methyl sites for hydroxylation is 2. The first-order chi connectivity index (χ1) is 31.9. The van der Waals surface area contributed by atoms with E-state index < -0.39 is 10.1 Å². The Morgan fingerprint density at radius 1 is 0.727 bits per heavy atom. The van der Waals surface area contributed by atoms with Gasteiger partial charge in [0.1, 0.15) is 5.75 Å². The number of unbranched alkanes of at least 4 members (excludes halogenated alkanes) is 4. The fourth-order valence-corrected chi connectivity index (χ4v) is 12.4. The Kier molecular flexibility index (Phi) is 15.3. The molecule has 0 bridgehead atoms. The van der Waals surface area contributed by atoms with E-state index in [0.717, 1.165) is 103 Å². The van der Waals surface area contributed by atoms with Crippen molar-refractivity contribution < 1.29 is 27.3 Å². The van der Waals surface area contributed by atoms with Gasteiger partial charge in [-0.2, -0.15) is 20.2 Å². The smallest absolute Gasteiger partial charge is 0.315 e. The molecule has 2 fully saturated rings. The van der Waals surface area contributed by atoms with E-state index in [0.29, 0.717) is 37.7 Å². The summed E-state index contributed by atoms with van der Waals surface area (Å²) >= 11 is 1.91. The minimum absolute atomic E-state index is 0.0585. The molecule has 3 aliphatic rings. The predicted octanol–water partition coefficient (Wildman–Crippen LogP) is 11.8. The molecule has 2 saturated heterocycles. The van der Waals surface area contributed by atoms with E-state index >= 15 is 0 Å². The zero-order chi connectivity index (χ0) is 46.3. The van der Waals surface area contributed by atoms with Crippen LogP contribution in [0, 0.1) is 13.8 Å². The number of nitrogens with one attached hydrogen (secondary N) is 3. The molecule has 0 spiro atoms. The number of rotatable bonds is 22. The minimum Gasteiger partial charge on any atom is -0.494 e. The molecule has 3 amide bonds. The Morgan fingerprint density at radius 2 is 1.36 bits per heavy atom. The van der Waals surface area contributed by atoms with E-state index in [4.69, 9.17) is 4.74 Å². The van der Waals surface area contributed by atoms with Crippen LogP contribution in [0.1, 0.15) is 106 Å². The van der Waals surface area contributed by atoms with Crippen LogP contribution >= 0.6 is 11.8 Å². The van der Waals surface area contributed by atoms with E-state index in [-0.39, 0.29) is 35.2 Å². The Labute approximate surface area is 396 Å². The summed E-state index contributed by atoms with van der Waals surface area (Å²) in [6.07, 6.45) is 10.0. The molecule has 4 N–H and O–H groups in total. The Hall–Kier alpha value is -5.10. The van der Waals surface area contributed by atoms with Gasteiger partial charge in [0.05, 0.1) is 24.4 Å². The van der Waals surface area contributed by atoms with Gasteiger partial charge in [0.15, 0.2) is 0 Å². The monoisotopic (exact) mass is 927 g/mol. The number of urea groups is 1. The van der Waals surface area contributed by atoms with E-state index in [9.17, 15) is 22.6 Å². The molecule has 348 valence electrons. The summed E-state index contributed by atoms with van der Waals surface area (Å²) in [7, 11) is -4.02. The topological polar surface area (TPSA) is 134 Å². The first-order valence-electron chi connectivity index (χ1n) is 24.0. The summed E-state index contributed by atoms with van der Waals surface area (Å²) in [5.74, 6) is 1.64. The van der Waals surface area contributed by atoms with E-state index in [1.54, 1.807) is 0 Å². The van der Waals surface area contributed by atoms with Crippen molar-refractivity contribution in [3.8, 4) is 50.3 Å². The largest absolute Gasteiger partial charge is 0.494 e. The predicted molar refractivity (Wildman–Crippen MR) is 270 cm³/mol. The van der Waals surface area contributed by atoms with Crippen LogP contribution in [0.5, 0.6) is 5.75 Å². The molecule has 0 aromatic heterocycles. The maximum absolute atomic E-state index is 12.6. The van der Waals surface area contributed by atoms with Crippen LogP contribution in [-0.2, 0) is 20.3 Å². The van der Waals surface area contributed by atoms with Crippen LogP contribution in [0.2, 0.25) is 0 Å². The van der Waals surface area contributed by atoms with Crippen molar-refractivity contribution >= 4 is 33.8 Å². The molecule has 8 rings (SSSR count). The number of carbonyl (C=O) groups is 2. The fraction of sp³-hybridized carbons (Fsp3) is 0.418. The van der Waals surface area contributed by atoms with Crippen molar-refractivity contribution in [1.82, 2.24) is 16.0 Å². The summed E-state index contributed by atoms with van der Waals surface area (Å²) < 4.78 is 39.2. The first-order valence-corrected chi connectivity index (χ1v) is 26.7. The molecule has 2 aliphatic heterocycles. The van der Waals surface area contributed by atoms with Gasteiger partial charge in [-0.1, -0.05) is 123 Å². The summed E-state index contributed by atoms with van der Waals surface area (Å²) in [5.41, 5.74) is 14.0. The van der Waals surface area contributed by atoms with Crippen LogP contribution in [0.15, 0.2) is 103 Å². The Morgan fingerprint density at radius 3 is 2.08 bits per heavy atom. The number of thioether (sulfide) groups is 1. The van der Waals surface area contributed by atoms with Crippen LogP contribution in [-0.4, -0.2) is 66.9 Å². The van der Waals surface area contributed by atoms with Gasteiger partial charge in [0, 0.05) is 29.4 Å². The van der Waals surface area contributed by atoms with E-state index in [1.165, 1.54) is 33.4 Å². The van der Waals surface area contributed by atoms with Gasteiger partial charge in [-0.3, -0.25) is 9.35 Å². The van der Waals surface area contributed by atoms with Gasteiger partial charge in [-0.25, -0.2) is 4.79 Å². The molecule has 11 heteroatoms. The first kappa shape index (κ1) is 47.4. The number of carbonyl (C=O) groups excluding carboxylic acids is 2. The number of hydrogen-bond donors (Lipinski definition) is 4. The second-order valence-electron chi connectivity index (χ2n) is 18.7. The molecule has 1 aliphatic carbocycles. The van der Waals surface area contributed by atoms with Crippen LogP contribution in [0.3, 0.4) is 0 Å². The summed E-state index contributed by atoms with van der Waals surface area (Å²) in [6, 6.07) is 37.8. The van der Waals surface area contributed by atoms with Gasteiger partial charge in [-0.15, -0.1) is 0 Å². The molecule has 0 radical (unpaired) electrons. The lowest BCUT2D eigenvalue weighted by Gasteiger charge is -2.33. The highest BCUT2D eigenvalue weighted by Crippen LogP contribution is 2.55. The zero-order valence-corrected chi connectivity index (χ0v) is 40.3. The van der Waals surface area contributed by atoms with Crippen molar-refractivity contribution in [2.45, 2.75) is 121 Å². The normalized spacial score (nSPS) is 19.5. The maximum Gasteiger partial charge on any atom is 0.315 e. The average Bonchev–Trinajstić information content (AvgIpc) is 3.95. The SMILES string of the molecule is CCCCC1(CCCCS(=O)(=O)O)c2cc(C)ccc2-c2ccc(-c3ccc(-c4cc(OCCCCNC(=O)CCCCC5SCC6NC(=O)NC65)cc(-c5ccc(C)cc5)c4)cc3)cc21. The lowest BCUT2D eigenvalue weighted by molar-refractivity contribution is -0.121. The van der Waals surface area contributed by atoms with Crippen molar-refractivity contribution in [3.63, 3.8) is 0 Å². The molecule has 5 aromatic rings. The molecule has 2 heterocycles. The summed E-state index contributed by atoms with van der Waals surface area (Å²) in [4.78, 5) is 24.2. The number of benzene rings is 5. The third-order valence-corrected chi connectivity index (χ3v) is 16.1. The number of ether oxygens (including phenoxy) is 1. The molecule has 4 unspecified atom stereocenters. The van der Waals surface area contributed by atoms with Crippen molar-refractivity contribution in [3.05, 3.63) is 125 Å². The lowest BCUT2D eigenvalue weighted by atomic mass is 9.70. The van der Waals surface area contributed by atoms with Gasteiger partial charge in [0.25, 0.3) is 10.1 Å². The molecule has 5 aromatic carbocycles. The minimum atomic E-state index is -4.02. The van der Waals surface area contributed by atoms with Crippen molar-refractivity contribution in [1.29, 1.82) is 0 Å². The van der Waals surface area contributed by atoms with Crippen molar-refractivity contribution in [2.24, 2.45) is 0 Å². The Bertz CT molecular complexity index is 2610. The molecular weight excluding hydrogens is 863 g/mol. The van der Waals surface area contributed by atoms with Gasteiger partial charge in [0.2, 0.25) is 5.91 Å². The van der Waals surface area contributed by atoms with Crippen LogP contribution in [0.4, 0.5) is 4.79 Å². The molecule has 9 nitrogen and oxygen atoms in total. The van der Waals surface area contributed by atoms with Crippen molar-refractivity contribution in [2.75, 3.05) is 24.7 Å². The fourth-order valence-electron chi connectivity index (χ4n) is 10.3. The lowest BCUT2D eigenvalue weighted by Crippen LogP contribution is -2.36. The Balaban J connectivity index is 0.922. The van der Waals surface area contributed by atoms with Gasteiger partial charge < -0.3 is 20.7 Å². The highest BCUT2D eigenvalue weighted by atomic mass is 32.2. The highest BCUT2D eigenvalue weighted by Gasteiger charge is 2.43. The highest BCUT2D eigenvalue weighted by molar-refractivity contribution is 8.00. The third-order valence-electron chi connectivity index (χ3n) is 13.8. The number of amides is 3. The molecule has 66 heavy (non-hydrogen) atoms.